The molecule has 4 nitrogen and oxygen atoms in total. The highest BCUT2D eigenvalue weighted by Gasteiger charge is 2.14. The van der Waals surface area contributed by atoms with E-state index in [9.17, 15) is 4.39 Å². The molecule has 1 aliphatic rings. The maximum Gasteiger partial charge on any atom is 0.124 e. The molecule has 5 heteroatoms. The number of likely N-dealkylation sites (N-methyl/N-ethyl adjacent to an activating group) is 1. The zero-order valence-electron chi connectivity index (χ0n) is 16.1. The highest BCUT2D eigenvalue weighted by atomic mass is 19.1. The van der Waals surface area contributed by atoms with E-state index in [1.807, 2.05) is 0 Å². The lowest BCUT2D eigenvalue weighted by atomic mass is 10.0. The summed E-state index contributed by atoms with van der Waals surface area (Å²) in [5.41, 5.74) is 4.06. The Morgan fingerprint density at radius 1 is 1.00 bits per heavy atom. The summed E-state index contributed by atoms with van der Waals surface area (Å²) >= 11 is 0. The third-order valence-corrected chi connectivity index (χ3v) is 5.53. The predicted octanol–water partition coefficient (Wildman–Crippen LogP) is 3.75. The third kappa shape index (κ3) is 3.89. The van der Waals surface area contributed by atoms with Gasteiger partial charge in [0.2, 0.25) is 0 Å². The summed E-state index contributed by atoms with van der Waals surface area (Å²) in [5, 5.41) is 5.50. The maximum atomic E-state index is 13.9. The van der Waals surface area contributed by atoms with Crippen LogP contribution in [0.25, 0.3) is 21.8 Å². The Bertz CT molecular complexity index is 948. The van der Waals surface area contributed by atoms with E-state index in [-0.39, 0.29) is 5.82 Å². The van der Waals surface area contributed by atoms with Crippen LogP contribution in [-0.2, 0) is 6.42 Å². The molecule has 142 valence electrons. The minimum atomic E-state index is -0.226. The first-order valence-corrected chi connectivity index (χ1v) is 9.80. The molecule has 0 atom stereocenters. The van der Waals surface area contributed by atoms with Crippen LogP contribution < -0.4 is 5.32 Å². The van der Waals surface area contributed by atoms with Gasteiger partial charge in [0.05, 0.1) is 16.7 Å². The smallest absolute Gasteiger partial charge is 0.124 e. The summed E-state index contributed by atoms with van der Waals surface area (Å²) in [7, 11) is 2.17. The van der Waals surface area contributed by atoms with Gasteiger partial charge in [0.1, 0.15) is 5.82 Å². The molecule has 0 saturated carbocycles. The van der Waals surface area contributed by atoms with Crippen molar-refractivity contribution in [2.45, 2.75) is 13.3 Å². The van der Waals surface area contributed by atoms with Gasteiger partial charge in [0.25, 0.3) is 0 Å². The van der Waals surface area contributed by atoms with Crippen LogP contribution in [0.3, 0.4) is 0 Å². The summed E-state index contributed by atoms with van der Waals surface area (Å²) in [6.07, 6.45) is 0.977. The topological polar surface area (TPSA) is 31.4 Å². The number of aryl methyl sites for hydroxylation is 1. The lowest BCUT2D eigenvalue weighted by molar-refractivity contribution is 0.158. The SMILES string of the molecule is CCc1ccc2c(NCCN3CCN(C)CC3)c3cc(F)ccc3nc2c1. The molecule has 3 aromatic rings. The van der Waals surface area contributed by atoms with Gasteiger partial charge in [-0.15, -0.1) is 0 Å². The molecule has 0 spiro atoms. The average Bonchev–Trinajstić information content (AvgIpc) is 2.68. The minimum absolute atomic E-state index is 0.226. The van der Waals surface area contributed by atoms with Crippen LogP contribution in [0.1, 0.15) is 12.5 Å². The molecule has 1 fully saturated rings. The van der Waals surface area contributed by atoms with E-state index in [2.05, 4.69) is 47.3 Å². The van der Waals surface area contributed by atoms with Gasteiger partial charge in [-0.2, -0.15) is 0 Å². The molecule has 0 amide bonds. The molecular formula is C22H27FN4. The largest absolute Gasteiger partial charge is 0.383 e. The summed E-state index contributed by atoms with van der Waals surface area (Å²) in [5.74, 6) is -0.226. The van der Waals surface area contributed by atoms with E-state index in [4.69, 9.17) is 4.98 Å². The Morgan fingerprint density at radius 2 is 1.81 bits per heavy atom. The standard InChI is InChI=1S/C22H27FN4/c1-3-16-4-6-18-21(14-16)25-20-7-5-17(23)15-19(20)22(18)24-8-9-27-12-10-26(2)11-13-27/h4-7,14-15H,3,8-13H2,1-2H3,(H,24,25). The number of fused-ring (bicyclic) bond motifs is 2. The first-order valence-electron chi connectivity index (χ1n) is 9.80. The van der Waals surface area contributed by atoms with Crippen molar-refractivity contribution in [3.63, 3.8) is 0 Å². The van der Waals surface area contributed by atoms with Crippen LogP contribution in [0.2, 0.25) is 0 Å². The van der Waals surface area contributed by atoms with Gasteiger partial charge in [-0.3, -0.25) is 4.90 Å². The number of hydrogen-bond acceptors (Lipinski definition) is 4. The van der Waals surface area contributed by atoms with Gasteiger partial charge < -0.3 is 10.2 Å². The molecule has 1 N–H and O–H groups in total. The minimum Gasteiger partial charge on any atom is -0.383 e. The van der Waals surface area contributed by atoms with Crippen molar-refractivity contribution in [1.29, 1.82) is 0 Å². The third-order valence-electron chi connectivity index (χ3n) is 5.53. The monoisotopic (exact) mass is 366 g/mol. The number of benzene rings is 2. The molecule has 27 heavy (non-hydrogen) atoms. The molecule has 0 aliphatic carbocycles. The van der Waals surface area contributed by atoms with Crippen molar-refractivity contribution < 1.29 is 4.39 Å². The number of rotatable bonds is 5. The highest BCUT2D eigenvalue weighted by molar-refractivity contribution is 6.07. The molecule has 0 bridgehead atoms. The predicted molar refractivity (Wildman–Crippen MR) is 111 cm³/mol. The second-order valence-electron chi connectivity index (χ2n) is 7.43. The van der Waals surface area contributed by atoms with E-state index in [0.29, 0.717) is 0 Å². The van der Waals surface area contributed by atoms with Crippen LogP contribution in [0, 0.1) is 5.82 Å². The molecule has 2 aromatic carbocycles. The van der Waals surface area contributed by atoms with Crippen LogP contribution >= 0.6 is 0 Å². The number of halogens is 1. The molecular weight excluding hydrogens is 339 g/mol. The van der Waals surface area contributed by atoms with Crippen molar-refractivity contribution in [3.05, 3.63) is 47.8 Å². The number of aromatic nitrogens is 1. The fraction of sp³-hybridized carbons (Fsp3) is 0.409. The molecule has 1 aliphatic heterocycles. The Morgan fingerprint density at radius 3 is 2.59 bits per heavy atom. The second kappa shape index (κ2) is 7.79. The number of hydrogen-bond donors (Lipinski definition) is 1. The van der Waals surface area contributed by atoms with Crippen LogP contribution in [0.15, 0.2) is 36.4 Å². The average molecular weight is 366 g/mol. The van der Waals surface area contributed by atoms with Crippen molar-refractivity contribution in [2.24, 2.45) is 0 Å². The Labute approximate surface area is 160 Å². The molecule has 4 rings (SSSR count). The van der Waals surface area contributed by atoms with Crippen molar-refractivity contribution >= 4 is 27.5 Å². The first-order chi connectivity index (χ1) is 13.1. The van der Waals surface area contributed by atoms with Gasteiger partial charge in [0.15, 0.2) is 0 Å². The first kappa shape index (κ1) is 18.1. The van der Waals surface area contributed by atoms with Gasteiger partial charge in [-0.1, -0.05) is 19.1 Å². The number of nitrogens with one attached hydrogen (secondary N) is 1. The molecule has 0 radical (unpaired) electrons. The van der Waals surface area contributed by atoms with Crippen LogP contribution in [-0.4, -0.2) is 61.1 Å². The van der Waals surface area contributed by atoms with Gasteiger partial charge in [-0.25, -0.2) is 9.37 Å². The Kier molecular flexibility index (Phi) is 5.23. The van der Waals surface area contributed by atoms with Gasteiger partial charge in [-0.05, 0) is 43.3 Å². The summed E-state index contributed by atoms with van der Waals surface area (Å²) in [6.45, 7) is 8.41. The lowest BCUT2D eigenvalue weighted by Gasteiger charge is -2.32. The maximum absolute atomic E-state index is 13.9. The summed E-state index contributed by atoms with van der Waals surface area (Å²) in [6, 6.07) is 11.2. The van der Waals surface area contributed by atoms with Crippen molar-refractivity contribution in [3.8, 4) is 0 Å². The Hall–Kier alpha value is -2.24. The normalized spacial score (nSPS) is 16.3. The van der Waals surface area contributed by atoms with Crippen molar-refractivity contribution in [2.75, 3.05) is 51.6 Å². The zero-order valence-corrected chi connectivity index (χ0v) is 16.1. The number of nitrogens with zero attached hydrogens (tertiary/aromatic N) is 3. The quantitative estimate of drug-likeness (QED) is 0.697. The van der Waals surface area contributed by atoms with Crippen LogP contribution in [0.5, 0.6) is 0 Å². The van der Waals surface area contributed by atoms with Crippen molar-refractivity contribution in [1.82, 2.24) is 14.8 Å². The van der Waals surface area contributed by atoms with Gasteiger partial charge in [0, 0.05) is 50.0 Å². The highest BCUT2D eigenvalue weighted by Crippen LogP contribution is 2.31. The number of piperazine rings is 1. The molecule has 2 heterocycles. The van der Waals surface area contributed by atoms with E-state index in [1.165, 1.54) is 11.6 Å². The molecule has 1 aromatic heterocycles. The molecule has 1 saturated heterocycles. The number of anilines is 1. The van der Waals surface area contributed by atoms with E-state index < -0.39 is 0 Å². The van der Waals surface area contributed by atoms with Crippen LogP contribution in [0.4, 0.5) is 10.1 Å². The zero-order chi connectivity index (χ0) is 18.8. The van der Waals surface area contributed by atoms with E-state index >= 15 is 0 Å². The summed E-state index contributed by atoms with van der Waals surface area (Å²) in [4.78, 5) is 9.62. The summed E-state index contributed by atoms with van der Waals surface area (Å²) < 4.78 is 13.9. The fourth-order valence-corrected chi connectivity index (χ4v) is 3.78. The second-order valence-corrected chi connectivity index (χ2v) is 7.43. The molecule has 0 unspecified atom stereocenters. The Balaban J connectivity index is 1.64. The number of pyridine rings is 1. The lowest BCUT2D eigenvalue weighted by Crippen LogP contribution is -2.45. The van der Waals surface area contributed by atoms with E-state index in [0.717, 1.165) is 73.2 Å². The van der Waals surface area contributed by atoms with Gasteiger partial charge >= 0.3 is 0 Å². The fourth-order valence-electron chi connectivity index (χ4n) is 3.78. The van der Waals surface area contributed by atoms with E-state index in [1.54, 1.807) is 12.1 Å².